The van der Waals surface area contributed by atoms with E-state index in [1.807, 2.05) is 0 Å². The van der Waals surface area contributed by atoms with E-state index in [9.17, 15) is 4.79 Å². The van der Waals surface area contributed by atoms with Crippen molar-refractivity contribution in [2.45, 2.75) is 18.8 Å². The van der Waals surface area contributed by atoms with Crippen LogP contribution in [-0.4, -0.2) is 16.1 Å². The maximum absolute atomic E-state index is 10.7. The molecular weight excluding hydrogens is 190 g/mol. The minimum Gasteiger partial charge on any atom is -0.481 e. The molecule has 3 nitrogen and oxygen atoms in total. The molecule has 1 aliphatic carbocycles. The van der Waals surface area contributed by atoms with Crippen LogP contribution in [0.15, 0.2) is 18.5 Å². The van der Waals surface area contributed by atoms with Gasteiger partial charge in [-0.25, -0.2) is 0 Å². The van der Waals surface area contributed by atoms with E-state index in [1.165, 1.54) is 0 Å². The number of pyridine rings is 1. The van der Waals surface area contributed by atoms with Gasteiger partial charge >= 0.3 is 5.97 Å². The Hall–Kier alpha value is -1.09. The highest BCUT2D eigenvalue weighted by molar-refractivity contribution is 5.85. The van der Waals surface area contributed by atoms with Crippen molar-refractivity contribution in [3.05, 3.63) is 29.6 Å². The molecule has 1 aromatic rings. The van der Waals surface area contributed by atoms with Gasteiger partial charge in [0.1, 0.15) is 0 Å². The predicted octanol–water partition coefficient (Wildman–Crippen LogP) is 1.62. The second-order valence-corrected chi connectivity index (χ2v) is 3.00. The number of fused-ring (bicyclic) bond motifs is 1. The Morgan fingerprint density at radius 2 is 2.38 bits per heavy atom. The van der Waals surface area contributed by atoms with E-state index in [1.54, 1.807) is 18.5 Å². The molecule has 0 aliphatic heterocycles. The fourth-order valence-electron chi connectivity index (χ4n) is 1.70. The molecule has 0 spiro atoms. The fraction of sp³-hybridized carbons (Fsp3) is 0.333. The Bertz CT molecular complexity index is 327. The molecule has 70 valence electrons. The minimum absolute atomic E-state index is 0. The molecule has 0 bridgehead atoms. The first-order chi connectivity index (χ1) is 5.79. The zero-order chi connectivity index (χ0) is 8.55. The average Bonchev–Trinajstić information content (AvgIpc) is 2.47. The fourth-order valence-corrected chi connectivity index (χ4v) is 1.70. The summed E-state index contributed by atoms with van der Waals surface area (Å²) in [4.78, 5) is 14.7. The van der Waals surface area contributed by atoms with Crippen molar-refractivity contribution in [1.82, 2.24) is 4.98 Å². The molecule has 0 saturated carbocycles. The molecule has 1 atom stereocenters. The normalized spacial score (nSPS) is 18.9. The quantitative estimate of drug-likeness (QED) is 0.748. The van der Waals surface area contributed by atoms with E-state index in [-0.39, 0.29) is 18.3 Å². The number of carbonyl (C=O) groups is 1. The molecular formula is C9H10ClNO2. The maximum atomic E-state index is 10.7. The number of carboxylic acids is 1. The number of rotatable bonds is 1. The van der Waals surface area contributed by atoms with Gasteiger partial charge in [-0.1, -0.05) is 0 Å². The van der Waals surface area contributed by atoms with Gasteiger partial charge in [0.25, 0.3) is 0 Å². The van der Waals surface area contributed by atoms with Crippen LogP contribution in [0.2, 0.25) is 0 Å². The number of carboxylic acid groups (broad SMARTS) is 1. The first-order valence-corrected chi connectivity index (χ1v) is 3.94. The summed E-state index contributed by atoms with van der Waals surface area (Å²) in [6.45, 7) is 0. The number of hydrogen-bond donors (Lipinski definition) is 1. The summed E-state index contributed by atoms with van der Waals surface area (Å²) in [7, 11) is 0. The molecule has 0 aromatic carbocycles. The highest BCUT2D eigenvalue weighted by atomic mass is 35.5. The molecule has 1 unspecified atom stereocenters. The van der Waals surface area contributed by atoms with E-state index < -0.39 is 5.97 Å². The standard InChI is InChI=1S/C9H9NO2.ClH/c11-9(12)8-2-1-6-5-10-4-3-7(6)8;/h3-5,8H,1-2H2,(H,11,12);1H. The maximum Gasteiger partial charge on any atom is 0.310 e. The zero-order valence-electron chi connectivity index (χ0n) is 6.93. The van der Waals surface area contributed by atoms with Gasteiger partial charge in [0.2, 0.25) is 0 Å². The molecule has 1 aromatic heterocycles. The molecule has 0 amide bonds. The molecule has 0 radical (unpaired) electrons. The minimum atomic E-state index is -0.722. The van der Waals surface area contributed by atoms with Crippen LogP contribution < -0.4 is 0 Å². The summed E-state index contributed by atoms with van der Waals surface area (Å²) in [5.41, 5.74) is 2.03. The van der Waals surface area contributed by atoms with Crippen LogP contribution in [0.3, 0.4) is 0 Å². The van der Waals surface area contributed by atoms with Gasteiger partial charge in [-0.15, -0.1) is 12.4 Å². The van der Waals surface area contributed by atoms with Crippen LogP contribution in [0.5, 0.6) is 0 Å². The molecule has 4 heteroatoms. The molecule has 0 saturated heterocycles. The van der Waals surface area contributed by atoms with Crippen LogP contribution in [0, 0.1) is 0 Å². The zero-order valence-corrected chi connectivity index (χ0v) is 7.75. The Morgan fingerprint density at radius 3 is 3.08 bits per heavy atom. The SMILES string of the molecule is Cl.O=C(O)C1CCc2cnccc21. The van der Waals surface area contributed by atoms with Crippen molar-refractivity contribution >= 4 is 18.4 Å². The molecule has 1 N–H and O–H groups in total. The summed E-state index contributed by atoms with van der Waals surface area (Å²) in [5, 5.41) is 8.84. The smallest absolute Gasteiger partial charge is 0.310 e. The second kappa shape index (κ2) is 3.75. The molecule has 1 heterocycles. The lowest BCUT2D eigenvalue weighted by molar-refractivity contribution is -0.138. The summed E-state index contributed by atoms with van der Waals surface area (Å²) in [6.07, 6.45) is 4.98. The molecule has 0 fully saturated rings. The van der Waals surface area contributed by atoms with E-state index in [0.717, 1.165) is 24.0 Å². The lowest BCUT2D eigenvalue weighted by Crippen LogP contribution is -2.07. The Balaban J connectivity index is 0.000000845. The molecule has 13 heavy (non-hydrogen) atoms. The molecule has 1 aliphatic rings. The van der Waals surface area contributed by atoms with Gasteiger partial charge in [-0.05, 0) is 30.0 Å². The van der Waals surface area contributed by atoms with Crippen LogP contribution in [0.4, 0.5) is 0 Å². The van der Waals surface area contributed by atoms with Crippen molar-refractivity contribution in [1.29, 1.82) is 0 Å². The van der Waals surface area contributed by atoms with Gasteiger partial charge < -0.3 is 5.11 Å². The third kappa shape index (κ3) is 1.65. The third-order valence-corrected chi connectivity index (χ3v) is 2.32. The third-order valence-electron chi connectivity index (χ3n) is 2.32. The van der Waals surface area contributed by atoms with E-state index in [4.69, 9.17) is 5.11 Å². The number of aromatic nitrogens is 1. The highest BCUT2D eigenvalue weighted by Crippen LogP contribution is 2.31. The summed E-state index contributed by atoms with van der Waals surface area (Å²) >= 11 is 0. The lowest BCUT2D eigenvalue weighted by Gasteiger charge is -2.03. The summed E-state index contributed by atoms with van der Waals surface area (Å²) in [6, 6.07) is 1.81. The first-order valence-electron chi connectivity index (χ1n) is 3.94. The predicted molar refractivity (Wildman–Crippen MR) is 50.2 cm³/mol. The number of hydrogen-bond acceptors (Lipinski definition) is 2. The van der Waals surface area contributed by atoms with Gasteiger partial charge in [-0.3, -0.25) is 9.78 Å². The van der Waals surface area contributed by atoms with Crippen molar-refractivity contribution in [3.63, 3.8) is 0 Å². The van der Waals surface area contributed by atoms with Crippen LogP contribution >= 0.6 is 12.4 Å². The Labute approximate surface area is 82.2 Å². The second-order valence-electron chi connectivity index (χ2n) is 3.00. The van der Waals surface area contributed by atoms with Crippen LogP contribution in [0.1, 0.15) is 23.5 Å². The largest absolute Gasteiger partial charge is 0.481 e. The Morgan fingerprint density at radius 1 is 1.62 bits per heavy atom. The van der Waals surface area contributed by atoms with Gasteiger partial charge in [0.15, 0.2) is 0 Å². The van der Waals surface area contributed by atoms with Crippen LogP contribution in [-0.2, 0) is 11.2 Å². The summed E-state index contributed by atoms with van der Waals surface area (Å²) in [5.74, 6) is -1.03. The first kappa shape index (κ1) is 9.99. The lowest BCUT2D eigenvalue weighted by atomic mass is 10.0. The van der Waals surface area contributed by atoms with Crippen molar-refractivity contribution in [2.75, 3.05) is 0 Å². The Kier molecular flexibility index (Phi) is 2.88. The van der Waals surface area contributed by atoms with Crippen LogP contribution in [0.25, 0.3) is 0 Å². The van der Waals surface area contributed by atoms with E-state index >= 15 is 0 Å². The number of aryl methyl sites for hydroxylation is 1. The molecule has 2 rings (SSSR count). The summed E-state index contributed by atoms with van der Waals surface area (Å²) < 4.78 is 0. The van der Waals surface area contributed by atoms with E-state index in [0.29, 0.717) is 0 Å². The highest BCUT2D eigenvalue weighted by Gasteiger charge is 2.27. The van der Waals surface area contributed by atoms with Gasteiger partial charge in [0.05, 0.1) is 5.92 Å². The van der Waals surface area contributed by atoms with Crippen molar-refractivity contribution in [3.8, 4) is 0 Å². The van der Waals surface area contributed by atoms with E-state index in [2.05, 4.69) is 4.98 Å². The number of nitrogens with zero attached hydrogens (tertiary/aromatic N) is 1. The monoisotopic (exact) mass is 199 g/mol. The number of halogens is 1. The van der Waals surface area contributed by atoms with Gasteiger partial charge in [0, 0.05) is 12.4 Å². The van der Waals surface area contributed by atoms with Crippen molar-refractivity contribution in [2.24, 2.45) is 0 Å². The average molecular weight is 200 g/mol. The van der Waals surface area contributed by atoms with Gasteiger partial charge in [-0.2, -0.15) is 0 Å². The number of aliphatic carboxylic acids is 1. The topological polar surface area (TPSA) is 50.2 Å². The van der Waals surface area contributed by atoms with Crippen molar-refractivity contribution < 1.29 is 9.90 Å².